The lowest BCUT2D eigenvalue weighted by molar-refractivity contribution is 0.197. The van der Waals surface area contributed by atoms with Gasteiger partial charge in [0.1, 0.15) is 5.75 Å². The summed E-state index contributed by atoms with van der Waals surface area (Å²) in [6, 6.07) is 8.27. The van der Waals surface area contributed by atoms with E-state index in [1.807, 2.05) is 18.2 Å². The molecule has 1 saturated heterocycles. The Hall–Kier alpha value is -1.06. The maximum absolute atomic E-state index is 9.83. The Bertz CT molecular complexity index is 348. The molecule has 0 aliphatic carbocycles. The first-order valence-corrected chi connectivity index (χ1v) is 6.53. The van der Waals surface area contributed by atoms with Crippen LogP contribution in [0.2, 0.25) is 0 Å². The molecule has 1 atom stereocenters. The van der Waals surface area contributed by atoms with E-state index in [4.69, 9.17) is 0 Å². The van der Waals surface area contributed by atoms with Crippen LogP contribution in [0, 0.1) is 0 Å². The zero-order valence-corrected chi connectivity index (χ0v) is 10.5. The average molecular weight is 234 g/mol. The summed E-state index contributed by atoms with van der Waals surface area (Å²) < 4.78 is 0. The summed E-state index contributed by atoms with van der Waals surface area (Å²) in [7, 11) is 0. The summed E-state index contributed by atoms with van der Waals surface area (Å²) in [6.07, 6.45) is 2.37. The lowest BCUT2D eigenvalue weighted by Crippen LogP contribution is -2.36. The van der Waals surface area contributed by atoms with Crippen LogP contribution in [0.4, 0.5) is 0 Å². The number of nitrogens with zero attached hydrogens (tertiary/aromatic N) is 1. The Labute approximate surface area is 103 Å². The summed E-state index contributed by atoms with van der Waals surface area (Å²) >= 11 is 0. The van der Waals surface area contributed by atoms with Gasteiger partial charge in [-0.2, -0.15) is 0 Å². The Balaban J connectivity index is 2.04. The van der Waals surface area contributed by atoms with E-state index in [1.54, 1.807) is 6.07 Å². The third-order valence-electron chi connectivity index (χ3n) is 3.43. The van der Waals surface area contributed by atoms with Gasteiger partial charge in [0.15, 0.2) is 0 Å². The number of phenols is 1. The summed E-state index contributed by atoms with van der Waals surface area (Å²) in [4.78, 5) is 2.48. The molecule has 0 saturated carbocycles. The van der Waals surface area contributed by atoms with Crippen LogP contribution in [0.5, 0.6) is 5.75 Å². The van der Waals surface area contributed by atoms with Crippen molar-refractivity contribution < 1.29 is 5.11 Å². The molecule has 1 heterocycles. The van der Waals surface area contributed by atoms with Crippen LogP contribution in [-0.4, -0.2) is 35.7 Å². The first kappa shape index (κ1) is 12.4. The molecule has 1 unspecified atom stereocenters. The highest BCUT2D eigenvalue weighted by atomic mass is 16.3. The van der Waals surface area contributed by atoms with Crippen molar-refractivity contribution in [2.45, 2.75) is 32.4 Å². The second kappa shape index (κ2) is 6.03. The predicted octanol–water partition coefficient (Wildman–Crippen LogP) is 1.97. The molecule has 3 nitrogen and oxygen atoms in total. The average Bonchev–Trinajstić information content (AvgIpc) is 2.85. The van der Waals surface area contributed by atoms with Gasteiger partial charge in [-0.1, -0.05) is 25.1 Å². The van der Waals surface area contributed by atoms with Crippen LogP contribution >= 0.6 is 0 Å². The minimum Gasteiger partial charge on any atom is -0.508 e. The molecule has 17 heavy (non-hydrogen) atoms. The first-order valence-electron chi connectivity index (χ1n) is 6.53. The Morgan fingerprint density at radius 1 is 1.41 bits per heavy atom. The van der Waals surface area contributed by atoms with Crippen molar-refractivity contribution >= 4 is 0 Å². The fourth-order valence-corrected chi connectivity index (χ4v) is 2.49. The molecular formula is C14H22N2O. The van der Waals surface area contributed by atoms with E-state index in [0.717, 1.165) is 38.2 Å². The van der Waals surface area contributed by atoms with Crippen molar-refractivity contribution in [1.29, 1.82) is 0 Å². The second-order valence-corrected chi connectivity index (χ2v) is 4.75. The number of rotatable bonds is 5. The molecule has 0 bridgehead atoms. The van der Waals surface area contributed by atoms with Crippen LogP contribution in [0.3, 0.4) is 0 Å². The Morgan fingerprint density at radius 2 is 2.24 bits per heavy atom. The van der Waals surface area contributed by atoms with Crippen molar-refractivity contribution in [1.82, 2.24) is 10.2 Å². The minimum atomic E-state index is 0.416. The Kier molecular flexibility index (Phi) is 4.40. The van der Waals surface area contributed by atoms with E-state index in [-0.39, 0.29) is 0 Å². The molecule has 94 valence electrons. The number of benzene rings is 1. The number of hydrogen-bond donors (Lipinski definition) is 2. The van der Waals surface area contributed by atoms with E-state index in [0.29, 0.717) is 11.8 Å². The maximum Gasteiger partial charge on any atom is 0.120 e. The predicted molar refractivity (Wildman–Crippen MR) is 70.1 cm³/mol. The molecule has 1 fully saturated rings. The van der Waals surface area contributed by atoms with E-state index in [1.165, 1.54) is 6.42 Å². The van der Waals surface area contributed by atoms with Crippen LogP contribution in [0.25, 0.3) is 0 Å². The van der Waals surface area contributed by atoms with Crippen molar-refractivity contribution in [3.05, 3.63) is 29.8 Å². The van der Waals surface area contributed by atoms with Gasteiger partial charge >= 0.3 is 0 Å². The zero-order chi connectivity index (χ0) is 12.1. The van der Waals surface area contributed by atoms with Gasteiger partial charge in [0.05, 0.1) is 0 Å². The normalized spacial score (nSPS) is 20.0. The standard InChI is InChI=1S/C14H22N2O/c1-2-9-16(13-7-8-15-10-13)11-12-5-3-4-6-14(12)17/h3-6,13,15,17H,2,7-11H2,1H3. The van der Waals surface area contributed by atoms with Crippen LogP contribution in [-0.2, 0) is 6.54 Å². The van der Waals surface area contributed by atoms with E-state index < -0.39 is 0 Å². The molecule has 1 aliphatic rings. The smallest absolute Gasteiger partial charge is 0.120 e. The number of phenolic OH excluding ortho intramolecular Hbond substituents is 1. The molecule has 3 heteroatoms. The maximum atomic E-state index is 9.83. The fraction of sp³-hybridized carbons (Fsp3) is 0.571. The summed E-state index contributed by atoms with van der Waals surface area (Å²) in [6.45, 7) is 6.35. The first-order chi connectivity index (χ1) is 8.31. The number of nitrogens with one attached hydrogen (secondary N) is 1. The molecule has 0 radical (unpaired) electrons. The summed E-state index contributed by atoms with van der Waals surface area (Å²) in [5.41, 5.74) is 1.04. The topological polar surface area (TPSA) is 35.5 Å². The number of para-hydroxylation sites is 1. The van der Waals surface area contributed by atoms with Gasteiger partial charge in [-0.25, -0.2) is 0 Å². The summed E-state index contributed by atoms with van der Waals surface area (Å²) in [5.74, 6) is 0.416. The fourth-order valence-electron chi connectivity index (χ4n) is 2.49. The highest BCUT2D eigenvalue weighted by Crippen LogP contribution is 2.20. The third-order valence-corrected chi connectivity index (χ3v) is 3.43. The highest BCUT2D eigenvalue weighted by molar-refractivity contribution is 5.31. The highest BCUT2D eigenvalue weighted by Gasteiger charge is 2.22. The monoisotopic (exact) mass is 234 g/mol. The number of aromatic hydroxyl groups is 1. The second-order valence-electron chi connectivity index (χ2n) is 4.75. The van der Waals surface area contributed by atoms with Crippen molar-refractivity contribution in [2.75, 3.05) is 19.6 Å². The molecule has 0 aromatic heterocycles. The lowest BCUT2D eigenvalue weighted by atomic mass is 10.1. The molecule has 2 rings (SSSR count). The quantitative estimate of drug-likeness (QED) is 0.817. The van der Waals surface area contributed by atoms with E-state index in [2.05, 4.69) is 17.1 Å². The SMILES string of the molecule is CCCN(Cc1ccccc1O)C1CCNC1. The van der Waals surface area contributed by atoms with E-state index >= 15 is 0 Å². The summed E-state index contributed by atoms with van der Waals surface area (Å²) in [5, 5.41) is 13.2. The lowest BCUT2D eigenvalue weighted by Gasteiger charge is -2.28. The van der Waals surface area contributed by atoms with Gasteiger partial charge in [0.25, 0.3) is 0 Å². The van der Waals surface area contributed by atoms with Gasteiger partial charge in [-0.3, -0.25) is 4.90 Å². The van der Waals surface area contributed by atoms with E-state index in [9.17, 15) is 5.11 Å². The molecule has 1 aliphatic heterocycles. The van der Waals surface area contributed by atoms with Gasteiger partial charge < -0.3 is 10.4 Å². The molecule has 2 N–H and O–H groups in total. The third kappa shape index (κ3) is 3.20. The molecule has 0 spiro atoms. The molecule has 0 amide bonds. The van der Waals surface area contributed by atoms with Gasteiger partial charge in [-0.15, -0.1) is 0 Å². The van der Waals surface area contributed by atoms with Gasteiger partial charge in [-0.05, 0) is 32.0 Å². The van der Waals surface area contributed by atoms with Crippen molar-refractivity contribution in [2.24, 2.45) is 0 Å². The molecular weight excluding hydrogens is 212 g/mol. The van der Waals surface area contributed by atoms with Gasteiger partial charge in [0.2, 0.25) is 0 Å². The number of hydrogen-bond acceptors (Lipinski definition) is 3. The largest absolute Gasteiger partial charge is 0.508 e. The Morgan fingerprint density at radius 3 is 2.88 bits per heavy atom. The minimum absolute atomic E-state index is 0.416. The molecule has 1 aromatic rings. The van der Waals surface area contributed by atoms with Crippen LogP contribution < -0.4 is 5.32 Å². The van der Waals surface area contributed by atoms with Crippen LogP contribution in [0.15, 0.2) is 24.3 Å². The van der Waals surface area contributed by atoms with Crippen LogP contribution in [0.1, 0.15) is 25.3 Å². The van der Waals surface area contributed by atoms with Crippen molar-refractivity contribution in [3.8, 4) is 5.75 Å². The molecule has 1 aromatic carbocycles. The van der Waals surface area contributed by atoms with Gasteiger partial charge in [0, 0.05) is 24.7 Å². The van der Waals surface area contributed by atoms with Crippen molar-refractivity contribution in [3.63, 3.8) is 0 Å². The zero-order valence-electron chi connectivity index (χ0n) is 10.5.